The molecule has 2 rings (SSSR count). The first-order valence-electron chi connectivity index (χ1n) is 6.70. The third kappa shape index (κ3) is 3.68. The number of rotatable bonds is 6. The van der Waals surface area contributed by atoms with E-state index in [0.717, 1.165) is 32.6 Å². The second kappa shape index (κ2) is 6.51. The molecule has 1 aliphatic heterocycles. The van der Waals surface area contributed by atoms with E-state index in [9.17, 15) is 8.42 Å². The third-order valence-electron chi connectivity index (χ3n) is 3.40. The average Bonchev–Trinajstić information content (AvgIpc) is 2.92. The minimum Gasteiger partial charge on any atom is -0.381 e. The molecule has 0 aromatic carbocycles. The molecule has 1 N–H and O–H groups in total. The third-order valence-corrected chi connectivity index (χ3v) is 5.20. The van der Waals surface area contributed by atoms with Crippen molar-refractivity contribution in [2.75, 3.05) is 39.2 Å². The standard InChI is InChI=1S/C13H21N3O3S/c1-16(2)20(17,18)12-3-4-13(15-9-12)14-7-5-11-6-8-19-10-11/h3-4,9,11H,5-8,10H2,1-2H3,(H,14,15). The van der Waals surface area contributed by atoms with Crippen molar-refractivity contribution in [1.29, 1.82) is 0 Å². The molecule has 1 aromatic heterocycles. The molecule has 1 fully saturated rings. The molecule has 7 heteroatoms. The Morgan fingerprint density at radius 2 is 2.25 bits per heavy atom. The summed E-state index contributed by atoms with van der Waals surface area (Å²) in [5.74, 6) is 1.32. The molecule has 1 aliphatic rings. The Morgan fingerprint density at radius 1 is 1.45 bits per heavy atom. The molecule has 0 spiro atoms. The van der Waals surface area contributed by atoms with Gasteiger partial charge in [0, 0.05) is 40.1 Å². The highest BCUT2D eigenvalue weighted by Gasteiger charge is 2.17. The van der Waals surface area contributed by atoms with Crippen LogP contribution in [-0.2, 0) is 14.8 Å². The van der Waals surface area contributed by atoms with Gasteiger partial charge in [-0.25, -0.2) is 17.7 Å². The maximum Gasteiger partial charge on any atom is 0.244 e. The van der Waals surface area contributed by atoms with E-state index in [4.69, 9.17) is 4.74 Å². The van der Waals surface area contributed by atoms with Crippen LogP contribution in [0.2, 0.25) is 0 Å². The fraction of sp³-hybridized carbons (Fsp3) is 0.615. The predicted octanol–water partition coefficient (Wildman–Crippen LogP) is 1.17. The van der Waals surface area contributed by atoms with Gasteiger partial charge in [0.2, 0.25) is 10.0 Å². The summed E-state index contributed by atoms with van der Waals surface area (Å²) >= 11 is 0. The molecule has 1 saturated heterocycles. The van der Waals surface area contributed by atoms with Gasteiger partial charge in [-0.3, -0.25) is 0 Å². The lowest BCUT2D eigenvalue weighted by Crippen LogP contribution is -2.22. The van der Waals surface area contributed by atoms with E-state index in [1.54, 1.807) is 12.1 Å². The smallest absolute Gasteiger partial charge is 0.244 e. The summed E-state index contributed by atoms with van der Waals surface area (Å²) in [5.41, 5.74) is 0. The Morgan fingerprint density at radius 3 is 2.80 bits per heavy atom. The van der Waals surface area contributed by atoms with Crippen molar-refractivity contribution in [2.24, 2.45) is 5.92 Å². The highest BCUT2D eigenvalue weighted by atomic mass is 32.2. The maximum absolute atomic E-state index is 11.9. The Bertz CT molecular complexity index is 522. The lowest BCUT2D eigenvalue weighted by atomic mass is 10.1. The second-order valence-electron chi connectivity index (χ2n) is 5.11. The van der Waals surface area contributed by atoms with Crippen LogP contribution in [0.15, 0.2) is 23.2 Å². The molecule has 0 radical (unpaired) electrons. The number of pyridine rings is 1. The summed E-state index contributed by atoms with van der Waals surface area (Å²) in [4.78, 5) is 4.35. The molecule has 112 valence electrons. The molecule has 0 bridgehead atoms. The lowest BCUT2D eigenvalue weighted by molar-refractivity contribution is 0.185. The normalized spacial score (nSPS) is 19.4. The number of ether oxygens (including phenoxy) is 1. The van der Waals surface area contributed by atoms with E-state index in [0.29, 0.717) is 11.7 Å². The molecule has 0 amide bonds. The minimum atomic E-state index is -3.40. The number of nitrogens with one attached hydrogen (secondary N) is 1. The Hall–Kier alpha value is -1.18. The van der Waals surface area contributed by atoms with Gasteiger partial charge in [-0.1, -0.05) is 0 Å². The van der Waals surface area contributed by atoms with Gasteiger partial charge in [0.05, 0.1) is 0 Å². The van der Waals surface area contributed by atoms with Crippen molar-refractivity contribution in [2.45, 2.75) is 17.7 Å². The van der Waals surface area contributed by atoms with Gasteiger partial charge < -0.3 is 10.1 Å². The van der Waals surface area contributed by atoms with Crippen LogP contribution in [-0.4, -0.2) is 51.6 Å². The van der Waals surface area contributed by atoms with E-state index < -0.39 is 10.0 Å². The summed E-state index contributed by atoms with van der Waals surface area (Å²) < 4.78 is 30.3. The second-order valence-corrected chi connectivity index (χ2v) is 7.26. The van der Waals surface area contributed by atoms with E-state index in [2.05, 4.69) is 10.3 Å². The highest BCUT2D eigenvalue weighted by Crippen LogP contribution is 2.17. The van der Waals surface area contributed by atoms with Gasteiger partial charge in [-0.15, -0.1) is 0 Å². The van der Waals surface area contributed by atoms with Crippen molar-refractivity contribution in [3.05, 3.63) is 18.3 Å². The van der Waals surface area contributed by atoms with Crippen molar-refractivity contribution >= 4 is 15.8 Å². The molecular formula is C13H21N3O3S. The van der Waals surface area contributed by atoms with Crippen LogP contribution in [0.25, 0.3) is 0 Å². The summed E-state index contributed by atoms with van der Waals surface area (Å²) in [7, 11) is -0.390. The average molecular weight is 299 g/mol. The predicted molar refractivity (Wildman–Crippen MR) is 77.1 cm³/mol. The molecule has 1 atom stereocenters. The van der Waals surface area contributed by atoms with Crippen molar-refractivity contribution in [3.8, 4) is 0 Å². The Labute approximate surface area is 120 Å². The lowest BCUT2D eigenvalue weighted by Gasteiger charge is -2.12. The number of hydrogen-bond acceptors (Lipinski definition) is 5. The van der Waals surface area contributed by atoms with Gasteiger partial charge >= 0.3 is 0 Å². The number of anilines is 1. The van der Waals surface area contributed by atoms with E-state index >= 15 is 0 Å². The molecule has 20 heavy (non-hydrogen) atoms. The van der Waals surface area contributed by atoms with Crippen LogP contribution < -0.4 is 5.32 Å². The van der Waals surface area contributed by atoms with Gasteiger partial charge in [-0.2, -0.15) is 0 Å². The molecular weight excluding hydrogens is 278 g/mol. The SMILES string of the molecule is CN(C)S(=O)(=O)c1ccc(NCCC2CCOC2)nc1. The molecule has 1 aromatic rings. The monoisotopic (exact) mass is 299 g/mol. The quantitative estimate of drug-likeness (QED) is 0.854. The van der Waals surface area contributed by atoms with E-state index in [-0.39, 0.29) is 4.90 Å². The fourth-order valence-corrected chi connectivity index (χ4v) is 2.91. The maximum atomic E-state index is 11.9. The van der Waals surface area contributed by atoms with E-state index in [1.165, 1.54) is 24.6 Å². The zero-order valence-corrected chi connectivity index (χ0v) is 12.7. The largest absolute Gasteiger partial charge is 0.381 e. The van der Waals surface area contributed by atoms with E-state index in [1.807, 2.05) is 0 Å². The first kappa shape index (κ1) is 15.2. The Balaban J connectivity index is 1.88. The van der Waals surface area contributed by atoms with Crippen LogP contribution in [0.3, 0.4) is 0 Å². The number of hydrogen-bond donors (Lipinski definition) is 1. The van der Waals surface area contributed by atoms with Crippen LogP contribution >= 0.6 is 0 Å². The van der Waals surface area contributed by atoms with Crippen LogP contribution in [0, 0.1) is 5.92 Å². The molecule has 0 saturated carbocycles. The minimum absolute atomic E-state index is 0.206. The van der Waals surface area contributed by atoms with Crippen LogP contribution in [0.1, 0.15) is 12.8 Å². The molecule has 6 nitrogen and oxygen atoms in total. The highest BCUT2D eigenvalue weighted by molar-refractivity contribution is 7.89. The molecule has 1 unspecified atom stereocenters. The number of sulfonamides is 1. The topological polar surface area (TPSA) is 71.5 Å². The van der Waals surface area contributed by atoms with Crippen molar-refractivity contribution < 1.29 is 13.2 Å². The van der Waals surface area contributed by atoms with Crippen LogP contribution in [0.5, 0.6) is 0 Å². The zero-order chi connectivity index (χ0) is 14.6. The molecule has 0 aliphatic carbocycles. The summed E-state index contributed by atoms with van der Waals surface area (Å²) in [5, 5.41) is 3.20. The zero-order valence-electron chi connectivity index (χ0n) is 11.9. The number of nitrogens with zero attached hydrogens (tertiary/aromatic N) is 2. The number of aromatic nitrogens is 1. The van der Waals surface area contributed by atoms with Crippen LogP contribution in [0.4, 0.5) is 5.82 Å². The van der Waals surface area contributed by atoms with Gasteiger partial charge in [0.1, 0.15) is 10.7 Å². The van der Waals surface area contributed by atoms with Crippen molar-refractivity contribution in [1.82, 2.24) is 9.29 Å². The first-order valence-corrected chi connectivity index (χ1v) is 8.14. The summed E-state index contributed by atoms with van der Waals surface area (Å²) in [6.07, 6.45) is 3.55. The first-order chi connectivity index (χ1) is 9.50. The Kier molecular flexibility index (Phi) is 4.95. The summed E-state index contributed by atoms with van der Waals surface area (Å²) in [6, 6.07) is 3.27. The fourth-order valence-electron chi connectivity index (χ4n) is 2.06. The molecule has 2 heterocycles. The summed E-state index contributed by atoms with van der Waals surface area (Å²) in [6.45, 7) is 2.52. The van der Waals surface area contributed by atoms with Gasteiger partial charge in [0.25, 0.3) is 0 Å². The van der Waals surface area contributed by atoms with Crippen molar-refractivity contribution in [3.63, 3.8) is 0 Å². The van der Waals surface area contributed by atoms with Gasteiger partial charge in [0.15, 0.2) is 0 Å². The van der Waals surface area contributed by atoms with Gasteiger partial charge in [-0.05, 0) is 30.9 Å².